The van der Waals surface area contributed by atoms with E-state index >= 15 is 0 Å². The Kier molecular flexibility index (Phi) is 5.01. The van der Waals surface area contributed by atoms with Crippen LogP contribution in [0.4, 0.5) is 11.4 Å². The first-order chi connectivity index (χ1) is 17.3. The second-order valence-electron chi connectivity index (χ2n) is 9.84. The highest BCUT2D eigenvalue weighted by atomic mass is 16.5. The maximum absolute atomic E-state index is 6.38. The highest BCUT2D eigenvalue weighted by Crippen LogP contribution is 2.51. The molecule has 3 aliphatic heterocycles. The summed E-state index contributed by atoms with van der Waals surface area (Å²) in [4.78, 5) is 5.32. The van der Waals surface area contributed by atoms with E-state index in [1.54, 1.807) is 0 Å². The molecule has 7 nitrogen and oxygen atoms in total. The number of nitrogens with one attached hydrogen (secondary N) is 1. The third-order valence-corrected chi connectivity index (χ3v) is 7.89. The maximum atomic E-state index is 6.38. The van der Waals surface area contributed by atoms with Gasteiger partial charge in [-0.3, -0.25) is 4.90 Å². The lowest BCUT2D eigenvalue weighted by Crippen LogP contribution is -2.50. The van der Waals surface area contributed by atoms with Crippen LogP contribution in [0.2, 0.25) is 0 Å². The largest absolute Gasteiger partial charge is 0.453 e. The second-order valence-corrected chi connectivity index (χ2v) is 9.84. The monoisotopic (exact) mass is 464 g/mol. The van der Waals surface area contributed by atoms with Crippen LogP contribution in [0.5, 0.6) is 11.5 Å². The van der Waals surface area contributed by atoms with Gasteiger partial charge in [-0.1, -0.05) is 42.5 Å². The summed E-state index contributed by atoms with van der Waals surface area (Å²) in [6.07, 6.45) is 6.06. The predicted molar refractivity (Wildman–Crippen MR) is 135 cm³/mol. The van der Waals surface area contributed by atoms with Gasteiger partial charge in [0.05, 0.1) is 11.4 Å². The van der Waals surface area contributed by atoms with E-state index in [9.17, 15) is 0 Å². The lowest BCUT2D eigenvalue weighted by Gasteiger charge is -2.46. The van der Waals surface area contributed by atoms with Crippen LogP contribution >= 0.6 is 0 Å². The van der Waals surface area contributed by atoms with Gasteiger partial charge in [0.25, 0.3) is 0 Å². The molecule has 2 unspecified atom stereocenters. The average Bonchev–Trinajstić information content (AvgIpc) is 3.52. The zero-order valence-corrected chi connectivity index (χ0v) is 19.5. The second kappa shape index (κ2) is 8.50. The fourth-order valence-corrected chi connectivity index (χ4v) is 6.33. The minimum absolute atomic E-state index is 0.445. The standard InChI is InChI=1S/C28H28N6O/c1-2-6-19(7-3-1)14-15-33-21-11-12-22(33)18-23(17-21)34-24-8-4-5-9-26(24)35-27-16-20(10-13-25(27)34)28-29-31-32-30-28/h1-10,13,16,21-23H,11-12,14-15,17-18H2,(H,29,30,31,32)/t21-,22?,23?/m1/s1. The van der Waals surface area contributed by atoms with Crippen LogP contribution < -0.4 is 9.64 Å². The summed E-state index contributed by atoms with van der Waals surface area (Å²) in [5.41, 5.74) is 4.61. The molecule has 2 bridgehead atoms. The Morgan fingerprint density at radius 2 is 1.60 bits per heavy atom. The van der Waals surface area contributed by atoms with Crippen LogP contribution in [0.25, 0.3) is 11.4 Å². The van der Waals surface area contributed by atoms with Gasteiger partial charge in [-0.05, 0) is 73.2 Å². The smallest absolute Gasteiger partial charge is 0.204 e. The first-order valence-electron chi connectivity index (χ1n) is 12.6. The van der Waals surface area contributed by atoms with Crippen LogP contribution in [-0.4, -0.2) is 50.2 Å². The van der Waals surface area contributed by atoms with E-state index in [0.29, 0.717) is 23.9 Å². The molecule has 3 aromatic carbocycles. The highest BCUT2D eigenvalue weighted by Gasteiger charge is 2.44. The SMILES string of the molecule is c1ccc(CCN2C3CC[C@@H]2CC(N2c4ccccc4Oc4cc(-c5nn[nH]n5)ccc42)C3)cc1. The van der Waals surface area contributed by atoms with Crippen LogP contribution in [-0.2, 0) is 6.42 Å². The molecule has 0 saturated carbocycles. The number of anilines is 2. The molecule has 3 atom stereocenters. The number of nitrogens with zero attached hydrogens (tertiary/aromatic N) is 5. The number of ether oxygens (including phenoxy) is 1. The van der Waals surface area contributed by atoms with Crippen LogP contribution in [0.3, 0.4) is 0 Å². The molecule has 2 saturated heterocycles. The molecule has 0 amide bonds. The number of para-hydroxylation sites is 2. The molecule has 2 fully saturated rings. The molecule has 176 valence electrons. The van der Waals surface area contributed by atoms with E-state index in [-0.39, 0.29) is 0 Å². The van der Waals surface area contributed by atoms with Crippen LogP contribution in [0, 0.1) is 0 Å². The van der Waals surface area contributed by atoms with Crippen molar-refractivity contribution in [2.24, 2.45) is 0 Å². The molecule has 0 spiro atoms. The fourth-order valence-electron chi connectivity index (χ4n) is 6.33. The van der Waals surface area contributed by atoms with Crippen molar-refractivity contribution in [2.75, 3.05) is 11.4 Å². The quantitative estimate of drug-likeness (QED) is 0.429. The van der Waals surface area contributed by atoms with E-state index in [1.807, 2.05) is 12.1 Å². The van der Waals surface area contributed by atoms with E-state index < -0.39 is 0 Å². The lowest BCUT2D eigenvalue weighted by molar-refractivity contribution is 0.129. The summed E-state index contributed by atoms with van der Waals surface area (Å²) in [5.74, 6) is 2.33. The number of H-pyrrole nitrogens is 1. The van der Waals surface area contributed by atoms with Gasteiger partial charge in [-0.2, -0.15) is 5.21 Å². The van der Waals surface area contributed by atoms with E-state index in [1.165, 1.54) is 31.2 Å². The first kappa shape index (κ1) is 20.6. The molecule has 7 heteroatoms. The number of tetrazole rings is 1. The number of aromatic amines is 1. The van der Waals surface area contributed by atoms with Crippen LogP contribution in [0.1, 0.15) is 31.2 Å². The van der Waals surface area contributed by atoms with Gasteiger partial charge < -0.3 is 9.64 Å². The minimum Gasteiger partial charge on any atom is -0.453 e. The summed E-state index contributed by atoms with van der Waals surface area (Å²) in [6, 6.07) is 27.3. The Balaban J connectivity index is 1.18. The van der Waals surface area contributed by atoms with Gasteiger partial charge in [0.2, 0.25) is 5.82 Å². The zero-order chi connectivity index (χ0) is 23.2. The first-order valence-corrected chi connectivity index (χ1v) is 12.6. The molecular weight excluding hydrogens is 436 g/mol. The van der Waals surface area contributed by atoms with E-state index in [2.05, 4.69) is 91.1 Å². The molecule has 0 aliphatic carbocycles. The van der Waals surface area contributed by atoms with Crippen molar-refractivity contribution in [2.45, 2.75) is 50.2 Å². The summed E-state index contributed by atoms with van der Waals surface area (Å²) in [6.45, 7) is 1.15. The van der Waals surface area contributed by atoms with Gasteiger partial charge in [0.1, 0.15) is 0 Å². The fraction of sp³-hybridized carbons (Fsp3) is 0.321. The number of piperidine rings is 1. The van der Waals surface area contributed by atoms with E-state index in [0.717, 1.165) is 41.4 Å². The maximum Gasteiger partial charge on any atom is 0.204 e. The Morgan fingerprint density at radius 3 is 2.40 bits per heavy atom. The average molecular weight is 465 g/mol. The number of aromatic nitrogens is 4. The molecular formula is C28H28N6O. The van der Waals surface area contributed by atoms with Crippen molar-refractivity contribution in [3.05, 3.63) is 78.4 Å². The molecule has 1 N–H and O–H groups in total. The van der Waals surface area contributed by atoms with Crippen LogP contribution in [0.15, 0.2) is 72.8 Å². The molecule has 35 heavy (non-hydrogen) atoms. The minimum atomic E-state index is 0.445. The Morgan fingerprint density at radius 1 is 0.829 bits per heavy atom. The van der Waals surface area contributed by atoms with Crippen molar-refractivity contribution in [1.82, 2.24) is 25.5 Å². The van der Waals surface area contributed by atoms with Gasteiger partial charge >= 0.3 is 0 Å². The van der Waals surface area contributed by atoms with E-state index in [4.69, 9.17) is 4.74 Å². The Bertz CT molecular complexity index is 1310. The summed E-state index contributed by atoms with van der Waals surface area (Å²) in [5, 5.41) is 14.5. The zero-order valence-electron chi connectivity index (χ0n) is 19.5. The lowest BCUT2D eigenvalue weighted by atomic mass is 9.93. The van der Waals surface area contributed by atoms with Crippen molar-refractivity contribution in [3.8, 4) is 22.9 Å². The Labute approximate surface area is 204 Å². The van der Waals surface area contributed by atoms with Gasteiger partial charge in [-0.25, -0.2) is 0 Å². The number of rotatable bonds is 5. The number of hydrogen-bond acceptors (Lipinski definition) is 6. The molecule has 4 heterocycles. The normalized spacial score (nSPS) is 23.0. The molecule has 4 aromatic rings. The summed E-state index contributed by atoms with van der Waals surface area (Å²) >= 11 is 0. The number of fused-ring (bicyclic) bond motifs is 4. The number of benzene rings is 3. The van der Waals surface area contributed by atoms with Crippen molar-refractivity contribution in [1.29, 1.82) is 0 Å². The molecule has 1 aromatic heterocycles. The molecule has 7 rings (SSSR count). The van der Waals surface area contributed by atoms with Gasteiger partial charge in [0.15, 0.2) is 11.5 Å². The summed E-state index contributed by atoms with van der Waals surface area (Å²) < 4.78 is 6.38. The van der Waals surface area contributed by atoms with Gasteiger partial charge in [0, 0.05) is 30.2 Å². The molecule has 0 radical (unpaired) electrons. The highest BCUT2D eigenvalue weighted by molar-refractivity contribution is 5.80. The van der Waals surface area contributed by atoms with Crippen molar-refractivity contribution >= 4 is 11.4 Å². The van der Waals surface area contributed by atoms with Crippen molar-refractivity contribution in [3.63, 3.8) is 0 Å². The third kappa shape index (κ3) is 3.67. The topological polar surface area (TPSA) is 70.2 Å². The molecule has 3 aliphatic rings. The predicted octanol–water partition coefficient (Wildman–Crippen LogP) is 5.35. The van der Waals surface area contributed by atoms with Crippen molar-refractivity contribution < 1.29 is 4.74 Å². The summed E-state index contributed by atoms with van der Waals surface area (Å²) in [7, 11) is 0. The third-order valence-electron chi connectivity index (χ3n) is 7.89. The number of hydrogen-bond donors (Lipinski definition) is 1. The van der Waals surface area contributed by atoms with Gasteiger partial charge in [-0.15, -0.1) is 10.2 Å². The Hall–Kier alpha value is -3.71.